The number of aromatic nitrogens is 4. The van der Waals surface area contributed by atoms with E-state index >= 15 is 0 Å². The van der Waals surface area contributed by atoms with Crippen molar-refractivity contribution in [1.29, 1.82) is 0 Å². The lowest BCUT2D eigenvalue weighted by Crippen LogP contribution is -2.03. The van der Waals surface area contributed by atoms with Crippen molar-refractivity contribution in [3.8, 4) is 45.0 Å². The normalized spacial score (nSPS) is 12.0. The number of hydrogen-bond acceptors (Lipinski definition) is 0. The Morgan fingerprint density at radius 3 is 1.06 bits per heavy atom. The van der Waals surface area contributed by atoms with Gasteiger partial charge in [0.15, 0.2) is 0 Å². The molecule has 0 unspecified atom stereocenters. The highest BCUT2D eigenvalue weighted by Crippen LogP contribution is 2.44. The summed E-state index contributed by atoms with van der Waals surface area (Å²) in [6.07, 6.45) is 0. The summed E-state index contributed by atoms with van der Waals surface area (Å²) in [6, 6.07) is 93.6. The van der Waals surface area contributed by atoms with E-state index in [4.69, 9.17) is 0 Å². The van der Waals surface area contributed by atoms with Gasteiger partial charge in [0.2, 0.25) is 0 Å². The van der Waals surface area contributed by atoms with Crippen molar-refractivity contribution in [1.82, 2.24) is 18.3 Å². The van der Waals surface area contributed by atoms with Crippen LogP contribution in [-0.2, 0) is 0 Å². The van der Waals surface area contributed by atoms with E-state index in [2.05, 4.69) is 273 Å². The fourth-order valence-corrected chi connectivity index (χ4v) is 11.7. The fraction of sp³-hybridized carbons (Fsp3) is 0. The second kappa shape index (κ2) is 15.1. The monoisotopic (exact) mass is 890 g/mol. The molecule has 0 radical (unpaired) electrons. The quantitative estimate of drug-likeness (QED) is 0.158. The van der Waals surface area contributed by atoms with Gasteiger partial charge >= 0.3 is 0 Å². The molecule has 0 N–H and O–H groups in total. The van der Waals surface area contributed by atoms with Gasteiger partial charge in [-0.15, -0.1) is 0 Å². The second-order valence-corrected chi connectivity index (χ2v) is 18.5. The lowest BCUT2D eigenvalue weighted by Gasteiger charge is -2.17. The van der Waals surface area contributed by atoms with Crippen molar-refractivity contribution in [3.63, 3.8) is 0 Å². The van der Waals surface area contributed by atoms with Crippen molar-refractivity contribution >= 4 is 87.2 Å². The largest absolute Gasteiger partial charge is 0.309 e. The number of para-hydroxylation sites is 6. The zero-order chi connectivity index (χ0) is 45.9. The van der Waals surface area contributed by atoms with Gasteiger partial charge in [0.1, 0.15) is 0 Å². The maximum absolute atomic E-state index is 2.50. The lowest BCUT2D eigenvalue weighted by atomic mass is 10.00. The van der Waals surface area contributed by atoms with Crippen molar-refractivity contribution in [2.75, 3.05) is 0 Å². The molecule has 0 fully saturated rings. The van der Waals surface area contributed by atoms with Crippen LogP contribution in [0.3, 0.4) is 0 Å². The molecule has 4 heteroatoms. The molecule has 0 atom stereocenters. The first kappa shape index (κ1) is 38.7. The van der Waals surface area contributed by atoms with Gasteiger partial charge in [-0.25, -0.2) is 0 Å². The SMILES string of the molecule is c1ccc(-c2ccc3c(c2)c2cc(-c4ccc(-n5c6ccccc6c6cc(-n7c8ccccc8c8ccccc87)cc(-n7c8ccccc8c8ccccc87)c65)cc4)ccc2n3-c2ccccc2)cc1. The topological polar surface area (TPSA) is 19.7 Å². The number of benzene rings is 11. The molecular weight excluding hydrogens is 849 g/mol. The van der Waals surface area contributed by atoms with E-state index in [9.17, 15) is 0 Å². The summed E-state index contributed by atoms with van der Waals surface area (Å²) in [4.78, 5) is 0. The molecule has 0 aliphatic heterocycles. The summed E-state index contributed by atoms with van der Waals surface area (Å²) in [7, 11) is 0. The summed E-state index contributed by atoms with van der Waals surface area (Å²) >= 11 is 0. The molecule has 0 amide bonds. The van der Waals surface area contributed by atoms with Crippen molar-refractivity contribution in [3.05, 3.63) is 255 Å². The van der Waals surface area contributed by atoms with Gasteiger partial charge in [-0.1, -0.05) is 164 Å². The predicted octanol–water partition coefficient (Wildman–Crippen LogP) is 17.4. The summed E-state index contributed by atoms with van der Waals surface area (Å²) in [6.45, 7) is 0. The van der Waals surface area contributed by atoms with Gasteiger partial charge in [0.05, 0.1) is 49.8 Å². The van der Waals surface area contributed by atoms with Gasteiger partial charge in [-0.3, -0.25) is 0 Å². The van der Waals surface area contributed by atoms with Crippen LogP contribution in [-0.4, -0.2) is 18.3 Å². The smallest absolute Gasteiger partial charge is 0.0784 e. The predicted molar refractivity (Wildman–Crippen MR) is 295 cm³/mol. The van der Waals surface area contributed by atoms with Crippen LogP contribution >= 0.6 is 0 Å². The molecule has 4 heterocycles. The second-order valence-electron chi connectivity index (χ2n) is 18.5. The van der Waals surface area contributed by atoms with E-state index in [1.54, 1.807) is 0 Å². The molecule has 0 saturated heterocycles. The molecule has 4 nitrogen and oxygen atoms in total. The minimum atomic E-state index is 1.11. The molecule has 15 rings (SSSR count). The van der Waals surface area contributed by atoms with Crippen LogP contribution in [0.4, 0.5) is 0 Å². The Morgan fingerprint density at radius 1 is 0.186 bits per heavy atom. The van der Waals surface area contributed by atoms with Crippen LogP contribution in [0.2, 0.25) is 0 Å². The average molecular weight is 891 g/mol. The van der Waals surface area contributed by atoms with Gasteiger partial charge in [-0.05, 0) is 113 Å². The number of fused-ring (bicyclic) bond motifs is 12. The lowest BCUT2D eigenvalue weighted by molar-refractivity contribution is 1.11. The summed E-state index contributed by atoms with van der Waals surface area (Å²) in [5, 5.41) is 9.85. The molecule has 0 bridgehead atoms. The van der Waals surface area contributed by atoms with Gasteiger partial charge in [-0.2, -0.15) is 0 Å². The van der Waals surface area contributed by atoms with Crippen molar-refractivity contribution < 1.29 is 0 Å². The Hall–Kier alpha value is -9.38. The highest BCUT2D eigenvalue weighted by Gasteiger charge is 2.23. The van der Waals surface area contributed by atoms with Crippen LogP contribution in [0.1, 0.15) is 0 Å². The third kappa shape index (κ3) is 5.65. The minimum absolute atomic E-state index is 1.11. The zero-order valence-corrected chi connectivity index (χ0v) is 38.0. The fourth-order valence-electron chi connectivity index (χ4n) is 11.7. The van der Waals surface area contributed by atoms with E-state index < -0.39 is 0 Å². The third-order valence-electron chi connectivity index (χ3n) is 14.7. The zero-order valence-electron chi connectivity index (χ0n) is 38.0. The first-order chi connectivity index (χ1) is 34.7. The Bertz CT molecular complexity index is 4460. The van der Waals surface area contributed by atoms with Crippen LogP contribution in [0.5, 0.6) is 0 Å². The molecule has 4 aromatic heterocycles. The van der Waals surface area contributed by atoms with Crippen molar-refractivity contribution in [2.45, 2.75) is 0 Å². The summed E-state index contributed by atoms with van der Waals surface area (Å²) in [5.41, 5.74) is 18.7. The van der Waals surface area contributed by atoms with Gasteiger partial charge in [0.25, 0.3) is 0 Å². The molecule has 0 spiro atoms. The molecule has 0 aliphatic carbocycles. The van der Waals surface area contributed by atoms with E-state index in [-0.39, 0.29) is 0 Å². The molecule has 70 heavy (non-hydrogen) atoms. The Kier molecular flexibility index (Phi) is 8.33. The molecule has 11 aromatic carbocycles. The molecule has 15 aromatic rings. The van der Waals surface area contributed by atoms with Crippen molar-refractivity contribution in [2.24, 2.45) is 0 Å². The van der Waals surface area contributed by atoms with Gasteiger partial charge < -0.3 is 18.3 Å². The van der Waals surface area contributed by atoms with E-state index in [1.165, 1.54) is 98.4 Å². The van der Waals surface area contributed by atoms with Gasteiger partial charge in [0, 0.05) is 60.2 Å². The first-order valence-corrected chi connectivity index (χ1v) is 24.1. The van der Waals surface area contributed by atoms with E-state index in [0.717, 1.165) is 33.8 Å². The molecular formula is C66H42N4. The molecule has 0 saturated carbocycles. The molecule has 0 aliphatic rings. The Balaban J connectivity index is 0.963. The average Bonchev–Trinajstić information content (AvgIpc) is 4.16. The Morgan fingerprint density at radius 2 is 0.543 bits per heavy atom. The van der Waals surface area contributed by atoms with Crippen LogP contribution in [0.15, 0.2) is 255 Å². The minimum Gasteiger partial charge on any atom is -0.309 e. The standard InChI is InChI=1S/C66H42N4/c1-3-17-43(18-4-1)45-33-37-63-55(39-45)56-40-46(34-38-64(56)67(63)47-19-5-2-6-20-47)44-31-35-48(36-32-44)69-60-28-14-11-25-54(60)57-41-49(68-58-26-12-7-21-50(58)51-22-8-13-27-59(51)68)42-65(66(57)69)70-61-29-15-9-23-52(61)53-24-10-16-30-62(53)70/h1-42H. The molecule has 326 valence electrons. The first-order valence-electron chi connectivity index (χ1n) is 24.1. The summed E-state index contributed by atoms with van der Waals surface area (Å²) < 4.78 is 9.85. The maximum atomic E-state index is 2.50. The number of hydrogen-bond donors (Lipinski definition) is 0. The van der Waals surface area contributed by atoms with Crippen LogP contribution in [0, 0.1) is 0 Å². The van der Waals surface area contributed by atoms with E-state index in [1.807, 2.05) is 0 Å². The van der Waals surface area contributed by atoms with E-state index in [0.29, 0.717) is 0 Å². The highest BCUT2D eigenvalue weighted by molar-refractivity contribution is 6.17. The summed E-state index contributed by atoms with van der Waals surface area (Å²) in [5.74, 6) is 0. The Labute approximate surface area is 403 Å². The number of nitrogens with zero attached hydrogens (tertiary/aromatic N) is 4. The third-order valence-corrected chi connectivity index (χ3v) is 14.7. The van der Waals surface area contributed by atoms with Crippen LogP contribution in [0.25, 0.3) is 132 Å². The maximum Gasteiger partial charge on any atom is 0.0784 e. The van der Waals surface area contributed by atoms with Crippen LogP contribution < -0.4 is 0 Å². The highest BCUT2D eigenvalue weighted by atomic mass is 15.1. The number of rotatable bonds is 6.